The van der Waals surface area contributed by atoms with Crippen LogP contribution in [0.2, 0.25) is 0 Å². The Morgan fingerprint density at radius 1 is 1.50 bits per heavy atom. The van der Waals surface area contributed by atoms with Gasteiger partial charge in [-0.15, -0.1) is 0 Å². The molecule has 90 valence electrons. The van der Waals surface area contributed by atoms with Crippen molar-refractivity contribution >= 4 is 17.8 Å². The van der Waals surface area contributed by atoms with Crippen LogP contribution in [0, 0.1) is 10.1 Å². The Bertz CT molecular complexity index is 515. The molecule has 0 amide bonds. The first-order valence-corrected chi connectivity index (χ1v) is 4.44. The maximum Gasteiger partial charge on any atom is 0.364 e. The quantitative estimate of drug-likeness (QED) is 0.208. The molecule has 0 unspecified atom stereocenters. The molecule has 0 fully saturated rings. The molecule has 7 nitrogen and oxygen atoms in total. The second kappa shape index (κ2) is 6.71. The molecular formula is C10H8N2O5Zn. The van der Waals surface area contributed by atoms with E-state index in [2.05, 4.69) is 16.3 Å². The third-order valence-electron chi connectivity index (χ3n) is 1.70. The standard InChI is InChI=1S/C10H8N2O5.Zn/c1-6(2)9(13)17-10(14)7-3-4-11-8(5-7)12(15)16;/h3-5H,1H2,2H3;. The van der Waals surface area contributed by atoms with Crippen LogP contribution in [0.5, 0.6) is 0 Å². The molecule has 18 heavy (non-hydrogen) atoms. The molecule has 0 aliphatic heterocycles. The molecule has 1 heterocycles. The Morgan fingerprint density at radius 2 is 2.11 bits per heavy atom. The van der Waals surface area contributed by atoms with E-state index in [-0.39, 0.29) is 30.6 Å². The van der Waals surface area contributed by atoms with E-state index in [4.69, 9.17) is 0 Å². The summed E-state index contributed by atoms with van der Waals surface area (Å²) in [6, 6.07) is 2.13. The fourth-order valence-electron chi connectivity index (χ4n) is 0.875. The van der Waals surface area contributed by atoms with Gasteiger partial charge in [-0.25, -0.2) is 9.59 Å². The molecule has 0 radical (unpaired) electrons. The number of nitrogens with zero attached hydrogens (tertiary/aromatic N) is 2. The fraction of sp³-hybridized carbons (Fsp3) is 0.100. The Kier molecular flexibility index (Phi) is 5.98. The Hall–Kier alpha value is -1.95. The molecule has 8 heteroatoms. The average Bonchev–Trinajstić information content (AvgIpc) is 2.28. The van der Waals surface area contributed by atoms with E-state index in [0.29, 0.717) is 0 Å². The number of rotatable bonds is 3. The smallest absolute Gasteiger partial charge is 0.364 e. The molecule has 1 rings (SSSR count). The van der Waals surface area contributed by atoms with Crippen molar-refractivity contribution in [2.45, 2.75) is 6.92 Å². The Labute approximate surface area is 115 Å². The van der Waals surface area contributed by atoms with Crippen molar-refractivity contribution in [3.8, 4) is 0 Å². The molecule has 0 aliphatic carbocycles. The maximum absolute atomic E-state index is 11.4. The molecule has 1 aromatic rings. The van der Waals surface area contributed by atoms with Gasteiger partial charge in [0.2, 0.25) is 0 Å². The first kappa shape index (κ1) is 16.1. The van der Waals surface area contributed by atoms with Crippen LogP contribution >= 0.6 is 0 Å². The molecule has 0 atom stereocenters. The summed E-state index contributed by atoms with van der Waals surface area (Å²) in [5.41, 5.74) is -0.0665. The minimum absolute atomic E-state index is 0. The van der Waals surface area contributed by atoms with Gasteiger partial charge in [0, 0.05) is 25.1 Å². The number of carbonyl (C=O) groups is 2. The van der Waals surface area contributed by atoms with Gasteiger partial charge in [-0.05, 0) is 22.9 Å². The van der Waals surface area contributed by atoms with Crippen LogP contribution in [-0.2, 0) is 29.0 Å². The number of hydrogen-bond donors (Lipinski definition) is 0. The molecule has 1 aromatic heterocycles. The largest absolute Gasteiger partial charge is 0.386 e. The van der Waals surface area contributed by atoms with Crippen molar-refractivity contribution in [1.82, 2.24) is 4.98 Å². The van der Waals surface area contributed by atoms with Gasteiger partial charge in [-0.2, -0.15) is 0 Å². The molecule has 0 aliphatic rings. The zero-order valence-corrected chi connectivity index (χ0v) is 12.5. The van der Waals surface area contributed by atoms with Gasteiger partial charge in [-0.1, -0.05) is 6.58 Å². The van der Waals surface area contributed by atoms with Crippen LogP contribution in [0.25, 0.3) is 0 Å². The summed E-state index contributed by atoms with van der Waals surface area (Å²) in [4.78, 5) is 35.5. The molecule has 0 aromatic carbocycles. The van der Waals surface area contributed by atoms with Gasteiger partial charge in [0.05, 0.1) is 11.6 Å². The first-order chi connectivity index (χ1) is 7.91. The van der Waals surface area contributed by atoms with Crippen molar-refractivity contribution in [2.24, 2.45) is 0 Å². The van der Waals surface area contributed by atoms with Gasteiger partial charge < -0.3 is 14.9 Å². The first-order valence-electron chi connectivity index (χ1n) is 4.44. The monoisotopic (exact) mass is 300 g/mol. The predicted octanol–water partition coefficient (Wildman–Crippen LogP) is 1.25. The van der Waals surface area contributed by atoms with E-state index < -0.39 is 22.7 Å². The normalized spacial score (nSPS) is 8.94. The number of ether oxygens (including phenoxy) is 1. The number of carbonyl (C=O) groups excluding carboxylic acids is 2. The SMILES string of the molecule is C=C(C)C(=O)OC(=O)c1ccnc([N+](=O)[O-])c1.[Zn]. The number of aromatic nitrogens is 1. The average molecular weight is 302 g/mol. The number of hydrogen-bond acceptors (Lipinski definition) is 6. The summed E-state index contributed by atoms with van der Waals surface area (Å²) in [7, 11) is 0. The summed E-state index contributed by atoms with van der Waals surface area (Å²) in [5.74, 6) is -2.36. The van der Waals surface area contributed by atoms with Crippen molar-refractivity contribution in [1.29, 1.82) is 0 Å². The molecule has 0 spiro atoms. The summed E-state index contributed by atoms with van der Waals surface area (Å²) in [6.07, 6.45) is 1.08. The van der Waals surface area contributed by atoms with Crippen LogP contribution < -0.4 is 0 Å². The summed E-state index contributed by atoms with van der Waals surface area (Å²) in [5, 5.41) is 10.4. The zero-order chi connectivity index (χ0) is 13.0. The van der Waals surface area contributed by atoms with E-state index in [0.717, 1.165) is 12.3 Å². The molecule has 0 saturated carbocycles. The van der Waals surface area contributed by atoms with E-state index in [1.807, 2.05) is 0 Å². The third-order valence-corrected chi connectivity index (χ3v) is 1.70. The van der Waals surface area contributed by atoms with Crippen molar-refractivity contribution in [3.63, 3.8) is 0 Å². The summed E-state index contributed by atoms with van der Waals surface area (Å²) in [6.45, 7) is 4.68. The fourth-order valence-corrected chi connectivity index (χ4v) is 0.875. The van der Waals surface area contributed by atoms with Gasteiger partial charge in [0.25, 0.3) is 0 Å². The molecular weight excluding hydrogens is 294 g/mol. The topological polar surface area (TPSA) is 99.4 Å². The maximum atomic E-state index is 11.4. The van der Waals surface area contributed by atoms with Crippen LogP contribution in [-0.4, -0.2) is 21.8 Å². The van der Waals surface area contributed by atoms with Crippen LogP contribution in [0.15, 0.2) is 30.5 Å². The second-order valence-corrected chi connectivity index (χ2v) is 3.12. The van der Waals surface area contributed by atoms with Gasteiger partial charge in [0.15, 0.2) is 0 Å². The number of esters is 2. The van der Waals surface area contributed by atoms with E-state index in [1.165, 1.54) is 13.0 Å². The molecule has 0 bridgehead atoms. The second-order valence-electron chi connectivity index (χ2n) is 3.12. The number of pyridine rings is 1. The summed E-state index contributed by atoms with van der Waals surface area (Å²) >= 11 is 0. The predicted molar refractivity (Wildman–Crippen MR) is 56.1 cm³/mol. The zero-order valence-electron chi connectivity index (χ0n) is 9.58. The van der Waals surface area contributed by atoms with Crippen LogP contribution in [0.1, 0.15) is 17.3 Å². The third kappa shape index (κ3) is 4.14. The minimum atomic E-state index is -0.983. The van der Waals surface area contributed by atoms with Crippen molar-refractivity contribution in [2.75, 3.05) is 0 Å². The van der Waals surface area contributed by atoms with Gasteiger partial charge in [-0.3, -0.25) is 0 Å². The Morgan fingerprint density at radius 3 is 2.61 bits per heavy atom. The van der Waals surface area contributed by atoms with Crippen LogP contribution in [0.3, 0.4) is 0 Å². The molecule has 0 N–H and O–H groups in total. The number of nitro groups is 1. The van der Waals surface area contributed by atoms with Crippen molar-refractivity contribution in [3.05, 3.63) is 46.2 Å². The van der Waals surface area contributed by atoms with Gasteiger partial charge in [0.1, 0.15) is 6.20 Å². The van der Waals surface area contributed by atoms with Gasteiger partial charge >= 0.3 is 17.8 Å². The van der Waals surface area contributed by atoms with E-state index in [1.54, 1.807) is 0 Å². The molecule has 0 saturated heterocycles. The Balaban J connectivity index is 0.00000289. The van der Waals surface area contributed by atoms with E-state index >= 15 is 0 Å². The minimum Gasteiger partial charge on any atom is -0.386 e. The summed E-state index contributed by atoms with van der Waals surface area (Å²) < 4.78 is 4.40. The van der Waals surface area contributed by atoms with E-state index in [9.17, 15) is 19.7 Å². The van der Waals surface area contributed by atoms with Crippen LogP contribution in [0.4, 0.5) is 5.82 Å². The van der Waals surface area contributed by atoms with Crippen molar-refractivity contribution < 1.29 is 38.7 Å².